The number of amides is 1. The molecule has 0 saturated heterocycles. The highest BCUT2D eigenvalue weighted by molar-refractivity contribution is 7.14. The smallest absolute Gasteiger partial charge is 0.414 e. The van der Waals surface area contributed by atoms with Crippen LogP contribution in [-0.2, 0) is 6.42 Å². The van der Waals surface area contributed by atoms with Gasteiger partial charge in [0.25, 0.3) is 0 Å². The summed E-state index contributed by atoms with van der Waals surface area (Å²) in [5.74, 6) is 0.806. The quantitative estimate of drug-likeness (QED) is 0.513. The molecule has 0 aliphatic heterocycles. The van der Waals surface area contributed by atoms with Gasteiger partial charge in [0, 0.05) is 23.2 Å². The molecular formula is C22H28N4O3S. The van der Waals surface area contributed by atoms with Gasteiger partial charge in [-0.3, -0.25) is 0 Å². The van der Waals surface area contributed by atoms with Crippen molar-refractivity contribution in [2.75, 3.05) is 12.0 Å². The fraction of sp³-hybridized carbons (Fsp3) is 0.409. The number of thiazole rings is 1. The van der Waals surface area contributed by atoms with Crippen molar-refractivity contribution in [1.82, 2.24) is 14.5 Å². The van der Waals surface area contributed by atoms with Crippen molar-refractivity contribution >= 4 is 22.6 Å². The summed E-state index contributed by atoms with van der Waals surface area (Å²) in [6.45, 7) is 8.02. The molecule has 7 nitrogen and oxygen atoms in total. The third kappa shape index (κ3) is 4.81. The van der Waals surface area contributed by atoms with Crippen LogP contribution in [0.2, 0.25) is 0 Å². The monoisotopic (exact) mass is 428 g/mol. The van der Waals surface area contributed by atoms with E-state index >= 15 is 0 Å². The molecule has 0 fully saturated rings. The van der Waals surface area contributed by atoms with Crippen LogP contribution in [0.1, 0.15) is 45.7 Å². The predicted molar refractivity (Wildman–Crippen MR) is 120 cm³/mol. The van der Waals surface area contributed by atoms with Gasteiger partial charge in [-0.15, -0.1) is 11.3 Å². The molecule has 160 valence electrons. The van der Waals surface area contributed by atoms with Crippen LogP contribution < -0.4 is 9.64 Å². The van der Waals surface area contributed by atoms with Crippen molar-refractivity contribution in [1.29, 1.82) is 0 Å². The minimum Gasteiger partial charge on any atom is -0.497 e. The van der Waals surface area contributed by atoms with E-state index in [4.69, 9.17) is 4.74 Å². The first kappa shape index (κ1) is 21.8. The lowest BCUT2D eigenvalue weighted by Crippen LogP contribution is -2.47. The highest BCUT2D eigenvalue weighted by Crippen LogP contribution is 2.33. The topological polar surface area (TPSA) is 80.5 Å². The van der Waals surface area contributed by atoms with Crippen molar-refractivity contribution < 1.29 is 14.6 Å². The third-order valence-corrected chi connectivity index (χ3v) is 5.95. The maximum Gasteiger partial charge on any atom is 0.414 e. The zero-order valence-electron chi connectivity index (χ0n) is 18.0. The minimum absolute atomic E-state index is 0.303. The average molecular weight is 429 g/mol. The Bertz CT molecular complexity index is 992. The molecular weight excluding hydrogens is 400 g/mol. The molecule has 1 amide bonds. The largest absolute Gasteiger partial charge is 0.497 e. The standard InChI is InChI=1S/C22H28N4O3S/c1-15(2)25-12-18(23-14-25)19-13-30-20(24-19)26(21(27)28)22(3,4)11-10-16-6-8-17(29-5)9-7-16/h6-9,12-15H,10-11H2,1-5H3,(H,27,28). The van der Waals surface area contributed by atoms with E-state index in [0.717, 1.165) is 23.4 Å². The van der Waals surface area contributed by atoms with Gasteiger partial charge in [-0.05, 0) is 58.2 Å². The van der Waals surface area contributed by atoms with Crippen molar-refractivity contribution in [2.24, 2.45) is 0 Å². The molecule has 2 heterocycles. The van der Waals surface area contributed by atoms with Gasteiger partial charge in [0.1, 0.15) is 17.1 Å². The van der Waals surface area contributed by atoms with Gasteiger partial charge in [0.2, 0.25) is 0 Å². The molecule has 0 unspecified atom stereocenters. The van der Waals surface area contributed by atoms with E-state index in [1.807, 2.05) is 54.3 Å². The number of aryl methyl sites for hydroxylation is 1. The highest BCUT2D eigenvalue weighted by Gasteiger charge is 2.34. The van der Waals surface area contributed by atoms with E-state index in [9.17, 15) is 9.90 Å². The summed E-state index contributed by atoms with van der Waals surface area (Å²) < 4.78 is 7.20. The molecule has 0 bridgehead atoms. The number of carboxylic acid groups (broad SMARTS) is 1. The number of aromatic nitrogens is 3. The van der Waals surface area contributed by atoms with Crippen molar-refractivity contribution in [3.05, 3.63) is 47.7 Å². The first-order valence-electron chi connectivity index (χ1n) is 9.86. The zero-order chi connectivity index (χ0) is 21.9. The maximum atomic E-state index is 12.1. The number of rotatable bonds is 8. The van der Waals surface area contributed by atoms with Gasteiger partial charge >= 0.3 is 6.09 Å². The fourth-order valence-corrected chi connectivity index (χ4v) is 4.16. The zero-order valence-corrected chi connectivity index (χ0v) is 18.8. The molecule has 8 heteroatoms. The van der Waals surface area contributed by atoms with E-state index in [2.05, 4.69) is 23.8 Å². The van der Waals surface area contributed by atoms with Crippen LogP contribution in [0, 0.1) is 0 Å². The van der Waals surface area contributed by atoms with Crippen molar-refractivity contribution in [3.63, 3.8) is 0 Å². The third-order valence-electron chi connectivity index (χ3n) is 5.12. The molecule has 1 N–H and O–H groups in total. The molecule has 0 aliphatic rings. The van der Waals surface area contributed by atoms with Crippen LogP contribution >= 0.6 is 11.3 Å². The lowest BCUT2D eigenvalue weighted by Gasteiger charge is -2.34. The molecule has 1 aromatic carbocycles. The van der Waals surface area contributed by atoms with Crippen LogP contribution in [-0.4, -0.2) is 38.4 Å². The number of anilines is 1. The fourth-order valence-electron chi connectivity index (χ4n) is 3.19. The van der Waals surface area contributed by atoms with E-state index < -0.39 is 11.6 Å². The highest BCUT2D eigenvalue weighted by atomic mass is 32.1. The summed E-state index contributed by atoms with van der Waals surface area (Å²) in [4.78, 5) is 22.5. The lowest BCUT2D eigenvalue weighted by molar-refractivity contribution is 0.193. The Morgan fingerprint density at radius 3 is 2.53 bits per heavy atom. The summed E-state index contributed by atoms with van der Waals surface area (Å²) in [5, 5.41) is 12.3. The normalized spacial score (nSPS) is 11.7. The molecule has 3 rings (SSSR count). The Morgan fingerprint density at radius 1 is 1.27 bits per heavy atom. The number of ether oxygens (including phenoxy) is 1. The summed E-state index contributed by atoms with van der Waals surface area (Å²) in [7, 11) is 1.64. The summed E-state index contributed by atoms with van der Waals surface area (Å²) in [5.41, 5.74) is 1.94. The average Bonchev–Trinajstić information content (AvgIpc) is 3.36. The number of imidazole rings is 1. The molecule has 30 heavy (non-hydrogen) atoms. The Kier molecular flexibility index (Phi) is 6.45. The molecule has 0 spiro atoms. The molecule has 2 aromatic heterocycles. The number of benzene rings is 1. The Hall–Kier alpha value is -2.87. The number of carbonyl (C=O) groups is 1. The first-order valence-corrected chi connectivity index (χ1v) is 10.7. The van der Waals surface area contributed by atoms with Crippen molar-refractivity contribution in [3.8, 4) is 17.1 Å². The second-order valence-electron chi connectivity index (χ2n) is 8.09. The molecule has 3 aromatic rings. The van der Waals surface area contributed by atoms with E-state index in [1.165, 1.54) is 16.2 Å². The minimum atomic E-state index is -1.01. The molecule has 0 saturated carbocycles. The van der Waals surface area contributed by atoms with E-state index in [-0.39, 0.29) is 0 Å². The second kappa shape index (κ2) is 8.87. The van der Waals surface area contributed by atoms with Crippen LogP contribution in [0.25, 0.3) is 11.4 Å². The van der Waals surface area contributed by atoms with Gasteiger partial charge in [-0.2, -0.15) is 0 Å². The number of hydrogen-bond donors (Lipinski definition) is 1. The SMILES string of the molecule is COc1ccc(CCC(C)(C)N(C(=O)O)c2nc(-c3cn(C(C)C)cn3)cs2)cc1. The Morgan fingerprint density at radius 2 is 1.97 bits per heavy atom. The van der Waals surface area contributed by atoms with Gasteiger partial charge in [-0.25, -0.2) is 19.7 Å². The van der Waals surface area contributed by atoms with Gasteiger partial charge in [-0.1, -0.05) is 12.1 Å². The summed E-state index contributed by atoms with van der Waals surface area (Å²) in [6.07, 6.45) is 4.10. The molecule has 0 radical (unpaired) electrons. The summed E-state index contributed by atoms with van der Waals surface area (Å²) in [6, 6.07) is 8.15. The van der Waals surface area contributed by atoms with Crippen LogP contribution in [0.15, 0.2) is 42.2 Å². The van der Waals surface area contributed by atoms with E-state index in [1.54, 1.807) is 13.4 Å². The van der Waals surface area contributed by atoms with Crippen molar-refractivity contribution in [2.45, 2.75) is 52.1 Å². The van der Waals surface area contributed by atoms with Gasteiger partial charge < -0.3 is 14.4 Å². The predicted octanol–water partition coefficient (Wildman–Crippen LogP) is 5.49. The number of hydrogen-bond acceptors (Lipinski definition) is 5. The second-order valence-corrected chi connectivity index (χ2v) is 8.93. The van der Waals surface area contributed by atoms with Crippen LogP contribution in [0.5, 0.6) is 5.75 Å². The molecule has 0 aliphatic carbocycles. The Balaban J connectivity index is 1.78. The van der Waals surface area contributed by atoms with E-state index in [0.29, 0.717) is 23.3 Å². The number of nitrogens with zero attached hydrogens (tertiary/aromatic N) is 4. The van der Waals surface area contributed by atoms with Gasteiger partial charge in [0.05, 0.1) is 13.4 Å². The summed E-state index contributed by atoms with van der Waals surface area (Å²) >= 11 is 1.32. The van der Waals surface area contributed by atoms with Crippen LogP contribution in [0.3, 0.4) is 0 Å². The van der Waals surface area contributed by atoms with Crippen LogP contribution in [0.4, 0.5) is 9.93 Å². The number of methoxy groups -OCH3 is 1. The maximum absolute atomic E-state index is 12.1. The lowest BCUT2D eigenvalue weighted by atomic mass is 9.94. The Labute approximate surface area is 181 Å². The van der Waals surface area contributed by atoms with Gasteiger partial charge in [0.15, 0.2) is 5.13 Å². The first-order chi connectivity index (χ1) is 14.2. The molecule has 0 atom stereocenters.